The van der Waals surface area contributed by atoms with E-state index in [1.807, 2.05) is 0 Å². The summed E-state index contributed by atoms with van der Waals surface area (Å²) < 4.78 is 40.6. The number of alkyl halides is 2. The zero-order valence-corrected chi connectivity index (χ0v) is 19.5. The Morgan fingerprint density at radius 3 is 2.67 bits per heavy atom. The van der Waals surface area contributed by atoms with Gasteiger partial charge in [-0.05, 0) is 36.8 Å². The third-order valence-corrected chi connectivity index (χ3v) is 6.44. The summed E-state index contributed by atoms with van der Waals surface area (Å²) in [6.07, 6.45) is 4.72. The Morgan fingerprint density at radius 2 is 2.00 bits per heavy atom. The fourth-order valence-corrected chi connectivity index (χ4v) is 4.49. The van der Waals surface area contributed by atoms with Gasteiger partial charge in [0.05, 0.1) is 28.9 Å². The van der Waals surface area contributed by atoms with Crippen LogP contribution in [0.1, 0.15) is 29.6 Å². The highest BCUT2D eigenvalue weighted by Gasteiger charge is 2.26. The number of hydrogen-bond donors (Lipinski definition) is 1. The number of hydrogen-bond acceptors (Lipinski definition) is 7. The predicted molar refractivity (Wildman–Crippen MR) is 122 cm³/mol. The van der Waals surface area contributed by atoms with E-state index in [0.717, 1.165) is 12.2 Å². The van der Waals surface area contributed by atoms with E-state index in [1.54, 1.807) is 0 Å². The van der Waals surface area contributed by atoms with Crippen molar-refractivity contribution in [2.45, 2.75) is 31.1 Å². The van der Waals surface area contributed by atoms with Crippen molar-refractivity contribution in [1.29, 1.82) is 0 Å². The van der Waals surface area contributed by atoms with Gasteiger partial charge in [0.1, 0.15) is 5.25 Å². The van der Waals surface area contributed by atoms with Crippen LogP contribution in [0.2, 0.25) is 10.0 Å². The summed E-state index contributed by atoms with van der Waals surface area (Å²) in [5.74, 6) is -0.210. The average Bonchev–Trinajstić information content (AvgIpc) is 3.18. The average molecular weight is 521 g/mol. The topological polar surface area (TPSA) is 86.8 Å². The lowest BCUT2D eigenvalue weighted by molar-refractivity contribution is -0.137. The SMILES string of the molecule is O=C(Nc1c(Cl)cncc1Cl)c1ccc(OC(F)F)c(OCCCCSC2CCOC2=O)c1. The number of cyclic esters (lactones) is 1. The molecule has 1 aliphatic heterocycles. The Balaban J connectivity index is 1.59. The van der Waals surface area contributed by atoms with Crippen LogP contribution in [-0.2, 0) is 9.53 Å². The van der Waals surface area contributed by atoms with Crippen LogP contribution in [0.3, 0.4) is 0 Å². The number of amides is 1. The van der Waals surface area contributed by atoms with Gasteiger partial charge in [0.15, 0.2) is 11.5 Å². The summed E-state index contributed by atoms with van der Waals surface area (Å²) in [6, 6.07) is 3.85. The molecule has 1 aromatic carbocycles. The summed E-state index contributed by atoms with van der Waals surface area (Å²) in [5.41, 5.74) is 0.309. The monoisotopic (exact) mass is 520 g/mol. The van der Waals surface area contributed by atoms with E-state index in [-0.39, 0.29) is 50.6 Å². The maximum atomic E-state index is 12.8. The van der Waals surface area contributed by atoms with Gasteiger partial charge in [-0.3, -0.25) is 14.6 Å². The van der Waals surface area contributed by atoms with E-state index in [2.05, 4.69) is 15.0 Å². The number of thioether (sulfide) groups is 1. The van der Waals surface area contributed by atoms with Crippen LogP contribution in [0.4, 0.5) is 14.5 Å². The number of pyridine rings is 1. The first-order valence-electron chi connectivity index (χ1n) is 9.95. The molecular formula is C21H20Cl2F2N2O5S. The molecule has 0 bridgehead atoms. The van der Waals surface area contributed by atoms with Crippen LogP contribution >= 0.6 is 35.0 Å². The highest BCUT2D eigenvalue weighted by Crippen LogP contribution is 2.32. The second kappa shape index (κ2) is 12.2. The second-order valence-corrected chi connectivity index (χ2v) is 8.97. The number of ether oxygens (including phenoxy) is 3. The van der Waals surface area contributed by atoms with Gasteiger partial charge in [-0.25, -0.2) is 0 Å². The molecule has 2 aromatic rings. The molecule has 33 heavy (non-hydrogen) atoms. The van der Waals surface area contributed by atoms with Gasteiger partial charge in [-0.1, -0.05) is 23.2 Å². The smallest absolute Gasteiger partial charge is 0.387 e. The zero-order valence-electron chi connectivity index (χ0n) is 17.2. The zero-order chi connectivity index (χ0) is 23.8. The number of benzene rings is 1. The van der Waals surface area contributed by atoms with Crippen LogP contribution in [0.15, 0.2) is 30.6 Å². The maximum absolute atomic E-state index is 12.8. The minimum Gasteiger partial charge on any atom is -0.490 e. The van der Waals surface area contributed by atoms with Crippen molar-refractivity contribution in [3.8, 4) is 11.5 Å². The number of nitrogens with one attached hydrogen (secondary N) is 1. The number of carbonyl (C=O) groups is 2. The highest BCUT2D eigenvalue weighted by atomic mass is 35.5. The molecule has 1 aromatic heterocycles. The molecular weight excluding hydrogens is 501 g/mol. The van der Waals surface area contributed by atoms with E-state index in [1.165, 1.54) is 42.4 Å². The summed E-state index contributed by atoms with van der Waals surface area (Å²) >= 11 is 13.6. The molecule has 0 spiro atoms. The molecule has 3 rings (SSSR count). The number of esters is 1. The fraction of sp³-hybridized carbons (Fsp3) is 0.381. The standard InChI is InChI=1S/C21H20Cl2F2N2O5S/c22-13-10-26-11-14(23)18(13)27-19(28)12-3-4-15(32-21(24)25)16(9-12)30-6-1-2-8-33-17-5-7-31-20(17)29/h3-4,9-11,17,21H,1-2,5-8H2,(H,26,27,28). The van der Waals surface area contributed by atoms with Crippen molar-refractivity contribution in [2.24, 2.45) is 0 Å². The lowest BCUT2D eigenvalue weighted by Crippen LogP contribution is -2.14. The summed E-state index contributed by atoms with van der Waals surface area (Å²) in [5, 5.41) is 2.73. The number of unbranched alkanes of at least 4 members (excludes halogenated alkanes) is 1. The number of halogens is 4. The molecule has 1 fully saturated rings. The van der Waals surface area contributed by atoms with Crippen LogP contribution in [0.25, 0.3) is 0 Å². The minimum absolute atomic E-state index is 0.00176. The molecule has 1 N–H and O–H groups in total. The van der Waals surface area contributed by atoms with Gasteiger partial charge in [-0.15, -0.1) is 11.8 Å². The van der Waals surface area contributed by atoms with Crippen LogP contribution < -0.4 is 14.8 Å². The van der Waals surface area contributed by atoms with Crippen molar-refractivity contribution in [3.63, 3.8) is 0 Å². The molecule has 0 saturated carbocycles. The second-order valence-electron chi connectivity index (χ2n) is 6.84. The predicted octanol–water partition coefficient (Wildman–Crippen LogP) is 5.45. The van der Waals surface area contributed by atoms with E-state index >= 15 is 0 Å². The number of anilines is 1. The van der Waals surface area contributed by atoms with Gasteiger partial charge in [0.2, 0.25) is 0 Å². The third kappa shape index (κ3) is 7.35. The number of rotatable bonds is 11. The molecule has 1 amide bonds. The Kier molecular flexibility index (Phi) is 9.40. The van der Waals surface area contributed by atoms with E-state index in [9.17, 15) is 18.4 Å². The Bertz CT molecular complexity index is 979. The van der Waals surface area contributed by atoms with Crippen LogP contribution in [0.5, 0.6) is 11.5 Å². The molecule has 2 heterocycles. The quantitative estimate of drug-likeness (QED) is 0.311. The number of aromatic nitrogens is 1. The normalized spacial score (nSPS) is 15.4. The molecule has 7 nitrogen and oxygen atoms in total. The molecule has 1 atom stereocenters. The fourth-order valence-electron chi connectivity index (χ4n) is 2.91. The molecule has 1 unspecified atom stereocenters. The van der Waals surface area contributed by atoms with Gasteiger partial charge < -0.3 is 19.5 Å². The van der Waals surface area contributed by atoms with Gasteiger partial charge in [0.25, 0.3) is 5.91 Å². The molecule has 0 radical (unpaired) electrons. The maximum Gasteiger partial charge on any atom is 0.387 e. The van der Waals surface area contributed by atoms with Crippen molar-refractivity contribution in [3.05, 3.63) is 46.2 Å². The number of carbonyl (C=O) groups excluding carboxylic acids is 2. The van der Waals surface area contributed by atoms with Gasteiger partial charge in [-0.2, -0.15) is 8.78 Å². The van der Waals surface area contributed by atoms with Crippen molar-refractivity contribution in [2.75, 3.05) is 24.3 Å². The van der Waals surface area contributed by atoms with Crippen molar-refractivity contribution >= 4 is 52.5 Å². The lowest BCUT2D eigenvalue weighted by Gasteiger charge is -2.14. The van der Waals surface area contributed by atoms with Gasteiger partial charge >= 0.3 is 12.6 Å². The van der Waals surface area contributed by atoms with Gasteiger partial charge in [0, 0.05) is 24.4 Å². The van der Waals surface area contributed by atoms with Crippen molar-refractivity contribution < 1.29 is 32.6 Å². The van der Waals surface area contributed by atoms with Crippen LogP contribution in [-0.4, -0.2) is 47.7 Å². The summed E-state index contributed by atoms with van der Waals surface area (Å²) in [6.45, 7) is -2.39. The Morgan fingerprint density at radius 1 is 1.24 bits per heavy atom. The third-order valence-electron chi connectivity index (χ3n) is 4.52. The van der Waals surface area contributed by atoms with E-state index in [4.69, 9.17) is 32.7 Å². The molecule has 1 saturated heterocycles. The molecule has 178 valence electrons. The Hall–Kier alpha value is -2.30. The van der Waals surface area contributed by atoms with E-state index in [0.29, 0.717) is 19.4 Å². The first-order chi connectivity index (χ1) is 15.8. The molecule has 0 aliphatic carbocycles. The highest BCUT2D eigenvalue weighted by molar-refractivity contribution is 8.00. The van der Waals surface area contributed by atoms with Crippen LogP contribution in [0, 0.1) is 0 Å². The first-order valence-corrected chi connectivity index (χ1v) is 11.8. The molecule has 12 heteroatoms. The summed E-state index contributed by atoms with van der Waals surface area (Å²) in [7, 11) is 0. The van der Waals surface area contributed by atoms with E-state index < -0.39 is 12.5 Å². The molecule has 1 aliphatic rings. The minimum atomic E-state index is -3.05. The number of nitrogens with zero attached hydrogens (tertiary/aromatic N) is 1. The summed E-state index contributed by atoms with van der Waals surface area (Å²) in [4.78, 5) is 27.9. The first kappa shape index (κ1) is 25.3. The van der Waals surface area contributed by atoms with Crippen molar-refractivity contribution in [1.82, 2.24) is 4.98 Å². The Labute approximate surface area is 203 Å². The largest absolute Gasteiger partial charge is 0.490 e. The lowest BCUT2D eigenvalue weighted by atomic mass is 10.2.